The van der Waals surface area contributed by atoms with E-state index < -0.39 is 18.4 Å². The van der Waals surface area contributed by atoms with Gasteiger partial charge in [-0.2, -0.15) is 4.98 Å². The van der Waals surface area contributed by atoms with Gasteiger partial charge in [-0.05, 0) is 48.4 Å². The monoisotopic (exact) mass is 449 g/mol. The lowest BCUT2D eigenvalue weighted by atomic mass is 10.1. The molecule has 3 aromatic rings. The van der Waals surface area contributed by atoms with Gasteiger partial charge in [0.25, 0.3) is 0 Å². The van der Waals surface area contributed by atoms with Crippen molar-refractivity contribution in [3.05, 3.63) is 65.5 Å². The third-order valence-electron chi connectivity index (χ3n) is 5.04. The third kappa shape index (κ3) is 5.06. The van der Waals surface area contributed by atoms with Crippen molar-refractivity contribution in [3.63, 3.8) is 0 Å². The molecular formula is C21H18F3N3O5. The van der Waals surface area contributed by atoms with Crippen molar-refractivity contribution in [3.8, 4) is 17.1 Å². The first-order valence-electron chi connectivity index (χ1n) is 9.62. The number of aliphatic hydroxyl groups excluding tert-OH is 1. The number of rotatable bonds is 6. The quantitative estimate of drug-likeness (QED) is 0.587. The van der Waals surface area contributed by atoms with Crippen LogP contribution < -0.4 is 4.74 Å². The third-order valence-corrected chi connectivity index (χ3v) is 5.04. The molecule has 1 fully saturated rings. The van der Waals surface area contributed by atoms with Gasteiger partial charge < -0.3 is 19.5 Å². The van der Waals surface area contributed by atoms with Gasteiger partial charge in [0, 0.05) is 18.7 Å². The molecule has 0 aliphatic carbocycles. The van der Waals surface area contributed by atoms with Crippen molar-refractivity contribution in [1.29, 1.82) is 0 Å². The highest BCUT2D eigenvalue weighted by Gasteiger charge is 2.36. The molecule has 32 heavy (non-hydrogen) atoms. The molecule has 1 aliphatic rings. The number of hydrogen-bond acceptors (Lipinski definition) is 7. The highest BCUT2D eigenvalue weighted by molar-refractivity contribution is 5.87. The summed E-state index contributed by atoms with van der Waals surface area (Å²) < 4.78 is 46.2. The van der Waals surface area contributed by atoms with E-state index in [9.17, 15) is 23.1 Å². The van der Waals surface area contributed by atoms with Crippen LogP contribution in [0.4, 0.5) is 13.2 Å². The Bertz CT molecular complexity index is 1080. The van der Waals surface area contributed by atoms with Crippen molar-refractivity contribution < 1.29 is 37.4 Å². The van der Waals surface area contributed by atoms with Crippen LogP contribution in [0.25, 0.3) is 11.4 Å². The molecule has 1 aliphatic heterocycles. The molecule has 2 unspecified atom stereocenters. The van der Waals surface area contributed by atoms with Crippen LogP contribution in [0.5, 0.6) is 5.75 Å². The van der Waals surface area contributed by atoms with Crippen molar-refractivity contribution in [2.24, 2.45) is 0 Å². The molecule has 0 bridgehead atoms. The second-order valence-electron chi connectivity index (χ2n) is 7.37. The molecule has 2 heterocycles. The standard InChI is InChI=1S/C21H18F3N3O5/c22-21(23,24)31-16-7-5-13(6-8-16)18-25-19(32-26-18)17-9-15(28)11-27(17)10-12-1-3-14(4-2-12)20(29)30/h1-8,15,17,28H,9-11H2,(H,29,30). The number of hydrogen-bond donors (Lipinski definition) is 2. The van der Waals surface area contributed by atoms with Crippen LogP contribution in [0.1, 0.15) is 34.3 Å². The van der Waals surface area contributed by atoms with Gasteiger partial charge in [0.2, 0.25) is 11.7 Å². The van der Waals surface area contributed by atoms with Gasteiger partial charge in [0.15, 0.2) is 0 Å². The van der Waals surface area contributed by atoms with E-state index in [-0.39, 0.29) is 29.1 Å². The number of aromatic nitrogens is 2. The topological polar surface area (TPSA) is 109 Å². The number of halogens is 3. The molecule has 0 spiro atoms. The maximum absolute atomic E-state index is 12.3. The van der Waals surface area contributed by atoms with Gasteiger partial charge in [0.1, 0.15) is 5.75 Å². The Morgan fingerprint density at radius 1 is 1.16 bits per heavy atom. The van der Waals surface area contributed by atoms with Crippen LogP contribution >= 0.6 is 0 Å². The SMILES string of the molecule is O=C(O)c1ccc(CN2CC(O)CC2c2nc(-c3ccc(OC(F)(F)F)cc3)no2)cc1. The zero-order valence-corrected chi connectivity index (χ0v) is 16.5. The molecule has 168 valence electrons. The second-order valence-corrected chi connectivity index (χ2v) is 7.37. The molecule has 1 saturated heterocycles. The minimum absolute atomic E-state index is 0.181. The maximum Gasteiger partial charge on any atom is 0.573 e. The van der Waals surface area contributed by atoms with Gasteiger partial charge in [0.05, 0.1) is 17.7 Å². The highest BCUT2D eigenvalue weighted by Crippen LogP contribution is 2.34. The summed E-state index contributed by atoms with van der Waals surface area (Å²) in [5, 5.41) is 23.1. The fraction of sp³-hybridized carbons (Fsp3) is 0.286. The van der Waals surface area contributed by atoms with Gasteiger partial charge in [-0.15, -0.1) is 13.2 Å². The molecule has 4 rings (SSSR count). The number of benzene rings is 2. The van der Waals surface area contributed by atoms with Gasteiger partial charge in [-0.1, -0.05) is 17.3 Å². The van der Waals surface area contributed by atoms with Crippen molar-refractivity contribution in [2.75, 3.05) is 6.54 Å². The number of likely N-dealkylation sites (tertiary alicyclic amines) is 1. The van der Waals surface area contributed by atoms with Crippen molar-refractivity contribution >= 4 is 5.97 Å². The zero-order chi connectivity index (χ0) is 22.9. The van der Waals surface area contributed by atoms with Gasteiger partial charge >= 0.3 is 12.3 Å². The molecule has 2 aromatic carbocycles. The largest absolute Gasteiger partial charge is 0.573 e. The highest BCUT2D eigenvalue weighted by atomic mass is 19.4. The number of alkyl halides is 3. The van der Waals surface area contributed by atoms with E-state index in [2.05, 4.69) is 14.9 Å². The number of aromatic carboxylic acids is 1. The zero-order valence-electron chi connectivity index (χ0n) is 16.5. The number of carboxylic acid groups (broad SMARTS) is 1. The fourth-order valence-corrected chi connectivity index (χ4v) is 3.59. The Balaban J connectivity index is 1.48. The Morgan fingerprint density at radius 3 is 2.47 bits per heavy atom. The van der Waals surface area contributed by atoms with E-state index in [1.54, 1.807) is 12.1 Å². The van der Waals surface area contributed by atoms with Crippen molar-refractivity contribution in [2.45, 2.75) is 31.5 Å². The summed E-state index contributed by atoms with van der Waals surface area (Å²) >= 11 is 0. The lowest BCUT2D eigenvalue weighted by Gasteiger charge is -2.21. The van der Waals surface area contributed by atoms with Gasteiger partial charge in [-0.25, -0.2) is 4.79 Å². The van der Waals surface area contributed by atoms with Crippen LogP contribution in [0.3, 0.4) is 0 Å². The second kappa shape index (κ2) is 8.60. The smallest absolute Gasteiger partial charge is 0.478 e. The Morgan fingerprint density at radius 2 is 1.84 bits per heavy atom. The summed E-state index contributed by atoms with van der Waals surface area (Å²) in [5.74, 6) is -0.897. The summed E-state index contributed by atoms with van der Waals surface area (Å²) in [6.07, 6.45) is -5.01. The molecule has 1 aromatic heterocycles. The van der Waals surface area contributed by atoms with E-state index in [4.69, 9.17) is 9.63 Å². The lowest BCUT2D eigenvalue weighted by molar-refractivity contribution is -0.274. The lowest BCUT2D eigenvalue weighted by Crippen LogP contribution is -2.24. The summed E-state index contributed by atoms with van der Waals surface area (Å²) in [5.41, 5.74) is 1.48. The molecule has 8 nitrogen and oxygen atoms in total. The fourth-order valence-electron chi connectivity index (χ4n) is 3.59. The predicted octanol–water partition coefficient (Wildman–Crippen LogP) is 3.64. The molecule has 0 radical (unpaired) electrons. The van der Waals surface area contributed by atoms with Crippen LogP contribution in [-0.4, -0.2) is 50.2 Å². The van der Waals surface area contributed by atoms with Crippen molar-refractivity contribution in [1.82, 2.24) is 15.0 Å². The number of ether oxygens (including phenoxy) is 1. The molecule has 0 amide bonds. The first kappa shape index (κ1) is 21.8. The van der Waals surface area contributed by atoms with E-state index >= 15 is 0 Å². The first-order chi connectivity index (χ1) is 15.2. The summed E-state index contributed by atoms with van der Waals surface area (Å²) in [6.45, 7) is 0.801. The number of carboxylic acids is 1. The predicted molar refractivity (Wildman–Crippen MR) is 104 cm³/mol. The Hall–Kier alpha value is -3.44. The van der Waals surface area contributed by atoms with E-state index in [0.717, 1.165) is 17.7 Å². The van der Waals surface area contributed by atoms with Crippen LogP contribution in [0.2, 0.25) is 0 Å². The first-order valence-corrected chi connectivity index (χ1v) is 9.62. The normalized spacial score (nSPS) is 19.2. The van der Waals surface area contributed by atoms with Crippen LogP contribution in [-0.2, 0) is 6.54 Å². The number of aliphatic hydroxyl groups is 1. The van der Waals surface area contributed by atoms with E-state index in [1.807, 2.05) is 4.90 Å². The van der Waals surface area contributed by atoms with E-state index in [1.165, 1.54) is 24.3 Å². The molecule has 2 atom stereocenters. The van der Waals surface area contributed by atoms with Gasteiger partial charge in [-0.3, -0.25) is 4.90 Å². The van der Waals surface area contributed by atoms with Crippen LogP contribution in [0, 0.1) is 0 Å². The molecule has 2 N–H and O–H groups in total. The van der Waals surface area contributed by atoms with E-state index in [0.29, 0.717) is 25.1 Å². The summed E-state index contributed by atoms with van der Waals surface area (Å²) in [7, 11) is 0. The molecular weight excluding hydrogens is 431 g/mol. The number of β-amino-alcohol motifs (C(OH)–C–C–N with tert-alkyl or cyclic N) is 1. The minimum atomic E-state index is -4.78. The molecule has 0 saturated carbocycles. The summed E-state index contributed by atoms with van der Waals surface area (Å²) in [6, 6.07) is 11.2. The summed E-state index contributed by atoms with van der Waals surface area (Å²) in [4.78, 5) is 17.3. The minimum Gasteiger partial charge on any atom is -0.478 e. The number of nitrogens with zero attached hydrogens (tertiary/aromatic N) is 3. The Kier molecular flexibility index (Phi) is 5.85. The maximum atomic E-state index is 12.3. The van der Waals surface area contributed by atoms with Crippen LogP contribution in [0.15, 0.2) is 53.1 Å². The Labute approximate surface area is 179 Å². The average Bonchev–Trinajstić information content (AvgIpc) is 3.34. The molecule has 11 heteroatoms. The number of carbonyl (C=O) groups is 1. The average molecular weight is 449 g/mol.